The summed E-state index contributed by atoms with van der Waals surface area (Å²) in [5.74, 6) is 0. The Morgan fingerprint density at radius 1 is 1.32 bits per heavy atom. The van der Waals surface area contributed by atoms with Crippen molar-refractivity contribution in [1.82, 2.24) is 9.55 Å². The van der Waals surface area contributed by atoms with Crippen molar-refractivity contribution in [3.63, 3.8) is 0 Å². The molecule has 1 heterocycles. The summed E-state index contributed by atoms with van der Waals surface area (Å²) in [6.45, 7) is 7.13. The normalized spacial score (nSPS) is 11.3. The van der Waals surface area contributed by atoms with Crippen LogP contribution < -0.4 is 11.3 Å². The van der Waals surface area contributed by atoms with Crippen molar-refractivity contribution in [3.8, 4) is 0 Å². The molecule has 104 valence electrons. The number of halogens is 1. The topological polar surface area (TPSA) is 60.9 Å². The SMILES string of the molecule is CC(C)(C)CCn1cnc2cccc(N)c2c1=O.Cl. The largest absolute Gasteiger partial charge is 0.398 e. The fourth-order valence-electron chi connectivity index (χ4n) is 1.84. The second kappa shape index (κ2) is 5.61. The molecule has 19 heavy (non-hydrogen) atoms. The summed E-state index contributed by atoms with van der Waals surface area (Å²) in [7, 11) is 0. The Labute approximate surface area is 119 Å². The van der Waals surface area contributed by atoms with Crippen LogP contribution in [0.5, 0.6) is 0 Å². The predicted octanol–water partition coefficient (Wildman–Crippen LogP) is 2.84. The minimum Gasteiger partial charge on any atom is -0.398 e. The van der Waals surface area contributed by atoms with Crippen molar-refractivity contribution in [3.05, 3.63) is 34.9 Å². The molecule has 2 N–H and O–H groups in total. The quantitative estimate of drug-likeness (QED) is 0.861. The Bertz CT molecular complexity index is 629. The van der Waals surface area contributed by atoms with Gasteiger partial charge in [0.15, 0.2) is 0 Å². The highest BCUT2D eigenvalue weighted by Gasteiger charge is 2.12. The first-order chi connectivity index (χ1) is 8.38. The first-order valence-corrected chi connectivity index (χ1v) is 6.12. The van der Waals surface area contributed by atoms with E-state index in [0.29, 0.717) is 23.1 Å². The fourth-order valence-corrected chi connectivity index (χ4v) is 1.84. The van der Waals surface area contributed by atoms with Crippen LogP contribution in [-0.2, 0) is 6.54 Å². The van der Waals surface area contributed by atoms with Crippen molar-refractivity contribution < 1.29 is 0 Å². The fraction of sp³-hybridized carbons (Fsp3) is 0.429. The molecular weight excluding hydrogens is 262 g/mol. The first kappa shape index (κ1) is 15.5. The van der Waals surface area contributed by atoms with Gasteiger partial charge in [0, 0.05) is 12.2 Å². The molecule has 0 bridgehead atoms. The molecule has 0 saturated heterocycles. The number of rotatable bonds is 2. The zero-order valence-electron chi connectivity index (χ0n) is 11.5. The van der Waals surface area contributed by atoms with E-state index >= 15 is 0 Å². The third-order valence-corrected chi connectivity index (χ3v) is 2.99. The molecular formula is C14H20ClN3O. The molecule has 1 aromatic heterocycles. The molecule has 0 unspecified atom stereocenters. The summed E-state index contributed by atoms with van der Waals surface area (Å²) < 4.78 is 1.64. The van der Waals surface area contributed by atoms with Crippen molar-refractivity contribution in [2.24, 2.45) is 5.41 Å². The van der Waals surface area contributed by atoms with Crippen molar-refractivity contribution in [2.45, 2.75) is 33.7 Å². The van der Waals surface area contributed by atoms with E-state index in [4.69, 9.17) is 5.73 Å². The van der Waals surface area contributed by atoms with Gasteiger partial charge in [0.2, 0.25) is 0 Å². The van der Waals surface area contributed by atoms with E-state index in [-0.39, 0.29) is 23.4 Å². The van der Waals surface area contributed by atoms with Gasteiger partial charge in [0.05, 0.1) is 17.2 Å². The van der Waals surface area contributed by atoms with Gasteiger partial charge in [-0.15, -0.1) is 12.4 Å². The third-order valence-electron chi connectivity index (χ3n) is 2.99. The summed E-state index contributed by atoms with van der Waals surface area (Å²) >= 11 is 0. The van der Waals surface area contributed by atoms with Gasteiger partial charge in [-0.2, -0.15) is 0 Å². The van der Waals surface area contributed by atoms with Gasteiger partial charge < -0.3 is 5.73 Å². The third kappa shape index (κ3) is 3.47. The van der Waals surface area contributed by atoms with Crippen LogP contribution in [0.1, 0.15) is 27.2 Å². The van der Waals surface area contributed by atoms with Crippen LogP contribution in [0.2, 0.25) is 0 Å². The van der Waals surface area contributed by atoms with E-state index in [1.54, 1.807) is 23.0 Å². The van der Waals surface area contributed by atoms with E-state index in [0.717, 1.165) is 6.42 Å². The molecule has 0 radical (unpaired) electrons. The number of hydrogen-bond acceptors (Lipinski definition) is 3. The minimum absolute atomic E-state index is 0. The average Bonchev–Trinajstić information content (AvgIpc) is 2.27. The van der Waals surface area contributed by atoms with Gasteiger partial charge in [-0.05, 0) is 24.0 Å². The zero-order valence-corrected chi connectivity index (χ0v) is 12.3. The van der Waals surface area contributed by atoms with Crippen LogP contribution in [0, 0.1) is 5.41 Å². The van der Waals surface area contributed by atoms with Crippen molar-refractivity contribution in [2.75, 3.05) is 5.73 Å². The van der Waals surface area contributed by atoms with E-state index in [2.05, 4.69) is 25.8 Å². The summed E-state index contributed by atoms with van der Waals surface area (Å²) in [6, 6.07) is 5.35. The molecule has 0 amide bonds. The minimum atomic E-state index is -0.0534. The number of nitrogen functional groups attached to an aromatic ring is 1. The van der Waals surface area contributed by atoms with Crippen LogP contribution in [0.3, 0.4) is 0 Å². The zero-order chi connectivity index (χ0) is 13.3. The summed E-state index contributed by atoms with van der Waals surface area (Å²) in [5, 5.41) is 0.522. The lowest BCUT2D eigenvalue weighted by Gasteiger charge is -2.18. The second-order valence-electron chi connectivity index (χ2n) is 5.80. The predicted molar refractivity (Wildman–Crippen MR) is 81.7 cm³/mol. The van der Waals surface area contributed by atoms with E-state index in [9.17, 15) is 4.79 Å². The summed E-state index contributed by atoms with van der Waals surface area (Å²) in [6.07, 6.45) is 2.53. The Balaban J connectivity index is 0.00000180. The number of nitrogens with zero attached hydrogens (tertiary/aromatic N) is 2. The molecule has 0 saturated carbocycles. The smallest absolute Gasteiger partial charge is 0.263 e. The Morgan fingerprint density at radius 2 is 2.00 bits per heavy atom. The second-order valence-corrected chi connectivity index (χ2v) is 5.80. The number of fused-ring (bicyclic) bond motifs is 1. The maximum Gasteiger partial charge on any atom is 0.263 e. The summed E-state index contributed by atoms with van der Waals surface area (Å²) in [4.78, 5) is 16.6. The molecule has 0 aliphatic rings. The van der Waals surface area contributed by atoms with Crippen molar-refractivity contribution in [1.29, 1.82) is 0 Å². The van der Waals surface area contributed by atoms with Crippen LogP contribution >= 0.6 is 12.4 Å². The highest BCUT2D eigenvalue weighted by atomic mass is 35.5. The van der Waals surface area contributed by atoms with Crippen LogP contribution in [0.15, 0.2) is 29.3 Å². The molecule has 4 nitrogen and oxygen atoms in total. The van der Waals surface area contributed by atoms with Crippen LogP contribution in [-0.4, -0.2) is 9.55 Å². The number of nitrogens with two attached hydrogens (primary N) is 1. The number of aromatic nitrogens is 2. The maximum atomic E-state index is 12.3. The van der Waals surface area contributed by atoms with Gasteiger partial charge >= 0.3 is 0 Å². The van der Waals surface area contributed by atoms with Gasteiger partial charge in [-0.3, -0.25) is 9.36 Å². The average molecular weight is 282 g/mol. The molecule has 2 rings (SSSR count). The molecule has 0 aliphatic carbocycles. The van der Waals surface area contributed by atoms with Crippen molar-refractivity contribution >= 4 is 29.0 Å². The molecule has 0 atom stereocenters. The van der Waals surface area contributed by atoms with Gasteiger partial charge in [-0.1, -0.05) is 26.8 Å². The molecule has 0 aliphatic heterocycles. The van der Waals surface area contributed by atoms with Gasteiger partial charge in [-0.25, -0.2) is 4.98 Å². The summed E-state index contributed by atoms with van der Waals surface area (Å²) in [5.41, 5.74) is 7.15. The van der Waals surface area contributed by atoms with Gasteiger partial charge in [0.25, 0.3) is 5.56 Å². The molecule has 5 heteroatoms. The van der Waals surface area contributed by atoms with E-state index in [1.165, 1.54) is 0 Å². The molecule has 1 aromatic carbocycles. The highest BCUT2D eigenvalue weighted by Crippen LogP contribution is 2.19. The number of hydrogen-bond donors (Lipinski definition) is 1. The first-order valence-electron chi connectivity index (χ1n) is 6.12. The molecule has 0 fully saturated rings. The monoisotopic (exact) mass is 281 g/mol. The number of anilines is 1. The maximum absolute atomic E-state index is 12.3. The lowest BCUT2D eigenvalue weighted by Crippen LogP contribution is -2.23. The Kier molecular flexibility index (Phi) is 4.58. The lowest BCUT2D eigenvalue weighted by molar-refractivity contribution is 0.347. The lowest BCUT2D eigenvalue weighted by atomic mass is 9.92. The number of benzene rings is 1. The molecule has 2 aromatic rings. The Hall–Kier alpha value is -1.55. The van der Waals surface area contributed by atoms with E-state index in [1.807, 2.05) is 6.07 Å². The van der Waals surface area contributed by atoms with E-state index < -0.39 is 0 Å². The molecule has 0 spiro atoms. The highest BCUT2D eigenvalue weighted by molar-refractivity contribution is 5.89. The standard InChI is InChI=1S/C14H19N3O.ClH/c1-14(2,3)7-8-17-9-16-11-6-4-5-10(15)12(11)13(17)18;/h4-6,9H,7-8,15H2,1-3H3;1H. The van der Waals surface area contributed by atoms with Gasteiger partial charge in [0.1, 0.15) is 0 Å². The number of aryl methyl sites for hydroxylation is 1. The Morgan fingerprint density at radius 3 is 2.63 bits per heavy atom. The van der Waals surface area contributed by atoms with Crippen LogP contribution in [0.4, 0.5) is 5.69 Å². The van der Waals surface area contributed by atoms with Crippen LogP contribution in [0.25, 0.3) is 10.9 Å².